The van der Waals surface area contributed by atoms with Crippen LogP contribution in [-0.4, -0.2) is 27.4 Å². The van der Waals surface area contributed by atoms with Crippen molar-refractivity contribution < 1.29 is 13.2 Å². The molecule has 0 aliphatic rings. The lowest BCUT2D eigenvalue weighted by atomic mass is 10.1. The molecule has 3 rings (SSSR count). The zero-order valence-electron chi connectivity index (χ0n) is 17.2. The van der Waals surface area contributed by atoms with Gasteiger partial charge in [0.15, 0.2) is 0 Å². The summed E-state index contributed by atoms with van der Waals surface area (Å²) in [6.45, 7) is 4.52. The van der Waals surface area contributed by atoms with Gasteiger partial charge in [-0.15, -0.1) is 0 Å². The standard InChI is InChI=1S/C24H26N2O3S/c1-19-9-13-21(14-10-19)24(27)26(22-7-4-3-5-8-22)18-6-17-25-30(28,29)23-15-11-20(2)12-16-23/h3-5,7-16,25H,6,17-18H2,1-2H3. The molecule has 0 aromatic heterocycles. The summed E-state index contributed by atoms with van der Waals surface area (Å²) in [5.74, 6) is -0.109. The fraction of sp³-hybridized carbons (Fsp3) is 0.208. The summed E-state index contributed by atoms with van der Waals surface area (Å²) in [5.41, 5.74) is 3.47. The summed E-state index contributed by atoms with van der Waals surface area (Å²) in [6, 6.07) is 23.6. The molecule has 0 fully saturated rings. The van der Waals surface area contributed by atoms with Crippen molar-refractivity contribution in [1.29, 1.82) is 0 Å². The highest BCUT2D eigenvalue weighted by molar-refractivity contribution is 7.89. The van der Waals surface area contributed by atoms with E-state index in [0.717, 1.165) is 16.8 Å². The van der Waals surface area contributed by atoms with Gasteiger partial charge in [-0.05, 0) is 56.7 Å². The van der Waals surface area contributed by atoms with Crippen LogP contribution in [0.2, 0.25) is 0 Å². The van der Waals surface area contributed by atoms with Gasteiger partial charge in [0.2, 0.25) is 10.0 Å². The van der Waals surface area contributed by atoms with Crippen LogP contribution in [0, 0.1) is 13.8 Å². The lowest BCUT2D eigenvalue weighted by Gasteiger charge is -2.23. The van der Waals surface area contributed by atoms with Gasteiger partial charge in [-0.25, -0.2) is 13.1 Å². The van der Waals surface area contributed by atoms with Crippen molar-refractivity contribution in [2.45, 2.75) is 25.2 Å². The van der Waals surface area contributed by atoms with Crippen LogP contribution >= 0.6 is 0 Å². The Balaban J connectivity index is 1.67. The molecule has 0 heterocycles. The zero-order chi connectivity index (χ0) is 21.6. The first-order valence-corrected chi connectivity index (χ1v) is 11.3. The second-order valence-corrected chi connectivity index (χ2v) is 8.99. The first-order valence-electron chi connectivity index (χ1n) is 9.87. The van der Waals surface area contributed by atoms with E-state index >= 15 is 0 Å². The summed E-state index contributed by atoms with van der Waals surface area (Å²) in [7, 11) is -3.57. The molecule has 1 N–H and O–H groups in total. The maximum atomic E-state index is 13.1. The molecular weight excluding hydrogens is 396 g/mol. The van der Waals surface area contributed by atoms with Gasteiger partial charge in [-0.3, -0.25) is 4.79 Å². The van der Waals surface area contributed by atoms with Crippen molar-refractivity contribution in [3.05, 3.63) is 95.6 Å². The highest BCUT2D eigenvalue weighted by Crippen LogP contribution is 2.18. The van der Waals surface area contributed by atoms with Gasteiger partial charge >= 0.3 is 0 Å². The lowest BCUT2D eigenvalue weighted by molar-refractivity contribution is 0.0986. The van der Waals surface area contributed by atoms with E-state index in [9.17, 15) is 13.2 Å². The van der Waals surface area contributed by atoms with Gasteiger partial charge in [-0.2, -0.15) is 0 Å². The third kappa shape index (κ3) is 5.55. The topological polar surface area (TPSA) is 66.5 Å². The molecule has 0 saturated carbocycles. The first kappa shape index (κ1) is 21.7. The molecule has 156 valence electrons. The number of para-hydroxylation sites is 1. The highest BCUT2D eigenvalue weighted by Gasteiger charge is 2.18. The van der Waals surface area contributed by atoms with Crippen molar-refractivity contribution in [1.82, 2.24) is 4.72 Å². The van der Waals surface area contributed by atoms with Crippen LogP contribution in [0.1, 0.15) is 27.9 Å². The molecule has 0 aliphatic carbocycles. The van der Waals surface area contributed by atoms with E-state index in [1.165, 1.54) is 0 Å². The molecule has 5 nitrogen and oxygen atoms in total. The Labute approximate surface area is 178 Å². The van der Waals surface area contributed by atoms with Gasteiger partial charge in [0.25, 0.3) is 5.91 Å². The number of hydrogen-bond acceptors (Lipinski definition) is 3. The smallest absolute Gasteiger partial charge is 0.258 e. The molecule has 0 radical (unpaired) electrons. The average molecular weight is 423 g/mol. The lowest BCUT2D eigenvalue weighted by Crippen LogP contribution is -2.34. The summed E-state index contributed by atoms with van der Waals surface area (Å²) in [6.07, 6.45) is 0.484. The second kappa shape index (κ2) is 9.69. The number of aryl methyl sites for hydroxylation is 2. The molecule has 3 aromatic rings. The Kier molecular flexibility index (Phi) is 7.03. The largest absolute Gasteiger partial charge is 0.308 e. The maximum Gasteiger partial charge on any atom is 0.258 e. The molecule has 0 aliphatic heterocycles. The van der Waals surface area contributed by atoms with Crippen LogP contribution in [0.3, 0.4) is 0 Å². The Morgan fingerprint density at radius 1 is 0.833 bits per heavy atom. The SMILES string of the molecule is Cc1ccc(C(=O)N(CCCNS(=O)(=O)c2ccc(C)cc2)c2ccccc2)cc1. The number of rotatable bonds is 8. The highest BCUT2D eigenvalue weighted by atomic mass is 32.2. The predicted molar refractivity (Wildman–Crippen MR) is 120 cm³/mol. The third-order valence-corrected chi connectivity index (χ3v) is 6.27. The fourth-order valence-corrected chi connectivity index (χ4v) is 4.13. The van der Waals surface area contributed by atoms with Crippen LogP contribution in [0.15, 0.2) is 83.8 Å². The van der Waals surface area contributed by atoms with Crippen LogP contribution in [0.4, 0.5) is 5.69 Å². The molecule has 0 unspecified atom stereocenters. The minimum atomic E-state index is -3.57. The monoisotopic (exact) mass is 422 g/mol. The Hall–Kier alpha value is -2.96. The van der Waals surface area contributed by atoms with E-state index in [-0.39, 0.29) is 17.3 Å². The van der Waals surface area contributed by atoms with Crippen LogP contribution in [-0.2, 0) is 10.0 Å². The molecule has 0 bridgehead atoms. The van der Waals surface area contributed by atoms with Gasteiger partial charge in [0, 0.05) is 24.3 Å². The van der Waals surface area contributed by atoms with Crippen molar-refractivity contribution in [2.75, 3.05) is 18.0 Å². The molecule has 0 atom stereocenters. The zero-order valence-corrected chi connectivity index (χ0v) is 18.0. The van der Waals surface area contributed by atoms with Crippen molar-refractivity contribution in [3.8, 4) is 0 Å². The number of anilines is 1. The van der Waals surface area contributed by atoms with E-state index in [1.54, 1.807) is 29.2 Å². The number of hydrogen-bond donors (Lipinski definition) is 1. The van der Waals surface area contributed by atoms with E-state index in [2.05, 4.69) is 4.72 Å². The minimum Gasteiger partial charge on any atom is -0.308 e. The summed E-state index contributed by atoms with van der Waals surface area (Å²) < 4.78 is 27.5. The molecule has 3 aromatic carbocycles. The maximum absolute atomic E-state index is 13.1. The number of amides is 1. The van der Waals surface area contributed by atoms with E-state index in [1.807, 2.05) is 68.4 Å². The molecule has 0 spiro atoms. The minimum absolute atomic E-state index is 0.109. The number of nitrogens with one attached hydrogen (secondary N) is 1. The molecule has 0 saturated heterocycles. The number of carbonyl (C=O) groups excluding carboxylic acids is 1. The number of sulfonamides is 1. The van der Waals surface area contributed by atoms with Crippen LogP contribution < -0.4 is 9.62 Å². The predicted octanol–water partition coefficient (Wildman–Crippen LogP) is 4.32. The summed E-state index contributed by atoms with van der Waals surface area (Å²) in [5, 5.41) is 0. The second-order valence-electron chi connectivity index (χ2n) is 7.22. The summed E-state index contributed by atoms with van der Waals surface area (Å²) >= 11 is 0. The quantitative estimate of drug-likeness (QED) is 0.550. The van der Waals surface area contributed by atoms with Crippen LogP contribution in [0.5, 0.6) is 0 Å². The fourth-order valence-electron chi connectivity index (χ4n) is 3.05. The van der Waals surface area contributed by atoms with Crippen LogP contribution in [0.25, 0.3) is 0 Å². The Morgan fingerprint density at radius 3 is 2.00 bits per heavy atom. The van der Waals surface area contributed by atoms with Gasteiger partial charge < -0.3 is 4.90 Å². The number of benzene rings is 3. The van der Waals surface area contributed by atoms with E-state index in [0.29, 0.717) is 18.5 Å². The molecule has 6 heteroatoms. The van der Waals surface area contributed by atoms with Crippen molar-refractivity contribution in [2.24, 2.45) is 0 Å². The first-order chi connectivity index (χ1) is 14.4. The van der Waals surface area contributed by atoms with E-state index in [4.69, 9.17) is 0 Å². The summed E-state index contributed by atoms with van der Waals surface area (Å²) in [4.78, 5) is 15.0. The van der Waals surface area contributed by atoms with E-state index < -0.39 is 10.0 Å². The average Bonchev–Trinajstić information content (AvgIpc) is 2.75. The molecule has 1 amide bonds. The normalized spacial score (nSPS) is 11.3. The van der Waals surface area contributed by atoms with Gasteiger partial charge in [-0.1, -0.05) is 53.6 Å². The van der Waals surface area contributed by atoms with Crippen molar-refractivity contribution >= 4 is 21.6 Å². The van der Waals surface area contributed by atoms with Gasteiger partial charge in [0.05, 0.1) is 4.90 Å². The number of nitrogens with zero attached hydrogens (tertiary/aromatic N) is 1. The van der Waals surface area contributed by atoms with Gasteiger partial charge in [0.1, 0.15) is 0 Å². The number of carbonyl (C=O) groups is 1. The Bertz CT molecular complexity index is 1080. The third-order valence-electron chi connectivity index (χ3n) is 4.79. The molecule has 30 heavy (non-hydrogen) atoms. The molecular formula is C24H26N2O3S. The van der Waals surface area contributed by atoms with Crippen molar-refractivity contribution in [3.63, 3.8) is 0 Å². The Morgan fingerprint density at radius 2 is 1.40 bits per heavy atom.